The molecular formula is C14H27NO2. The summed E-state index contributed by atoms with van der Waals surface area (Å²) < 4.78 is 0. The molecule has 3 heteroatoms. The molecular weight excluding hydrogens is 214 g/mol. The van der Waals surface area contributed by atoms with Gasteiger partial charge in [-0.15, -0.1) is 0 Å². The van der Waals surface area contributed by atoms with Crippen molar-refractivity contribution >= 4 is 5.97 Å². The highest BCUT2D eigenvalue weighted by molar-refractivity contribution is 5.78. The molecule has 1 aliphatic rings. The first-order valence-corrected chi connectivity index (χ1v) is 6.88. The molecule has 1 saturated carbocycles. The molecule has 2 atom stereocenters. The number of nitrogens with one attached hydrogen (secondary N) is 1. The molecule has 2 N–H and O–H groups in total. The summed E-state index contributed by atoms with van der Waals surface area (Å²) in [5.74, 6) is 0.680. The highest BCUT2D eigenvalue weighted by atomic mass is 16.4. The summed E-state index contributed by atoms with van der Waals surface area (Å²) in [5.41, 5.74) is -0.683. The molecule has 17 heavy (non-hydrogen) atoms. The first kappa shape index (κ1) is 14.5. The van der Waals surface area contributed by atoms with Crippen LogP contribution in [0.5, 0.6) is 0 Å². The first-order chi connectivity index (χ1) is 7.87. The minimum atomic E-state index is -0.683. The Morgan fingerprint density at radius 2 is 1.88 bits per heavy atom. The molecule has 3 nitrogen and oxygen atoms in total. The fourth-order valence-electron chi connectivity index (χ4n) is 3.01. The fraction of sp³-hybridized carbons (Fsp3) is 0.929. The fourth-order valence-corrected chi connectivity index (χ4v) is 3.01. The second-order valence-electron chi connectivity index (χ2n) is 6.12. The lowest BCUT2D eigenvalue weighted by molar-refractivity contribution is -0.146. The Bertz CT molecular complexity index is 263. The molecule has 1 aliphatic carbocycles. The molecule has 1 fully saturated rings. The maximum atomic E-state index is 11.6. The van der Waals surface area contributed by atoms with Gasteiger partial charge in [0.25, 0.3) is 0 Å². The standard InChI is InChI=1S/C14H27NO2/c1-10(2)12-6-5-8-14(9-7-12,13(16)17)15-11(3)4/h10-12,15H,5-9H2,1-4H3,(H,16,17). The normalized spacial score (nSPS) is 30.6. The number of carboxylic acids is 1. The molecule has 0 aromatic carbocycles. The van der Waals surface area contributed by atoms with E-state index in [0.29, 0.717) is 11.8 Å². The molecule has 0 amide bonds. The van der Waals surface area contributed by atoms with Crippen molar-refractivity contribution in [2.24, 2.45) is 11.8 Å². The van der Waals surface area contributed by atoms with Crippen LogP contribution in [-0.2, 0) is 4.79 Å². The number of hydrogen-bond acceptors (Lipinski definition) is 2. The summed E-state index contributed by atoms with van der Waals surface area (Å²) in [5, 5.41) is 12.8. The van der Waals surface area contributed by atoms with Gasteiger partial charge in [-0.2, -0.15) is 0 Å². The second kappa shape index (κ2) is 5.85. The zero-order valence-corrected chi connectivity index (χ0v) is 11.6. The predicted octanol–water partition coefficient (Wildman–Crippen LogP) is 3.04. The average molecular weight is 241 g/mol. The van der Waals surface area contributed by atoms with Crippen molar-refractivity contribution in [3.63, 3.8) is 0 Å². The van der Waals surface area contributed by atoms with E-state index in [4.69, 9.17) is 0 Å². The summed E-state index contributed by atoms with van der Waals surface area (Å²) in [6.45, 7) is 8.54. The Balaban J connectivity index is 2.76. The highest BCUT2D eigenvalue weighted by Crippen LogP contribution is 2.34. The van der Waals surface area contributed by atoms with Gasteiger partial charge in [-0.25, -0.2) is 0 Å². The van der Waals surface area contributed by atoms with Gasteiger partial charge in [0.05, 0.1) is 0 Å². The van der Waals surface area contributed by atoms with Gasteiger partial charge in [0.15, 0.2) is 0 Å². The van der Waals surface area contributed by atoms with Gasteiger partial charge < -0.3 is 5.11 Å². The lowest BCUT2D eigenvalue weighted by Gasteiger charge is -2.31. The molecule has 1 rings (SSSR count). The Kier molecular flexibility index (Phi) is 4.99. The van der Waals surface area contributed by atoms with Crippen LogP contribution in [0, 0.1) is 11.8 Å². The monoisotopic (exact) mass is 241 g/mol. The molecule has 0 saturated heterocycles. The van der Waals surface area contributed by atoms with Crippen molar-refractivity contribution in [3.05, 3.63) is 0 Å². The van der Waals surface area contributed by atoms with Gasteiger partial charge >= 0.3 is 5.97 Å². The van der Waals surface area contributed by atoms with Crippen molar-refractivity contribution < 1.29 is 9.90 Å². The van der Waals surface area contributed by atoms with E-state index >= 15 is 0 Å². The third kappa shape index (κ3) is 3.70. The van der Waals surface area contributed by atoms with E-state index in [1.165, 1.54) is 6.42 Å². The van der Waals surface area contributed by atoms with Crippen molar-refractivity contribution in [1.29, 1.82) is 0 Å². The van der Waals surface area contributed by atoms with Crippen LogP contribution in [0.25, 0.3) is 0 Å². The smallest absolute Gasteiger partial charge is 0.323 e. The maximum Gasteiger partial charge on any atom is 0.323 e. The summed E-state index contributed by atoms with van der Waals surface area (Å²) in [4.78, 5) is 11.6. The third-order valence-electron chi connectivity index (χ3n) is 4.04. The lowest BCUT2D eigenvalue weighted by atomic mass is 9.86. The molecule has 0 radical (unpaired) electrons. The van der Waals surface area contributed by atoms with Crippen LogP contribution in [-0.4, -0.2) is 22.7 Å². The van der Waals surface area contributed by atoms with Gasteiger partial charge in [-0.1, -0.05) is 26.7 Å². The van der Waals surface area contributed by atoms with Crippen molar-refractivity contribution in [3.8, 4) is 0 Å². The van der Waals surface area contributed by atoms with Crippen LogP contribution in [0.15, 0.2) is 0 Å². The first-order valence-electron chi connectivity index (χ1n) is 6.88. The van der Waals surface area contributed by atoms with Crippen molar-refractivity contribution in [1.82, 2.24) is 5.32 Å². The van der Waals surface area contributed by atoms with E-state index in [1.54, 1.807) is 0 Å². The van der Waals surface area contributed by atoms with E-state index in [2.05, 4.69) is 19.2 Å². The Labute approximate surface area is 105 Å². The maximum absolute atomic E-state index is 11.6. The van der Waals surface area contributed by atoms with E-state index in [9.17, 15) is 9.90 Å². The van der Waals surface area contributed by atoms with Crippen LogP contribution in [0.1, 0.15) is 59.8 Å². The molecule has 0 aliphatic heterocycles. The van der Waals surface area contributed by atoms with Gasteiger partial charge in [0.1, 0.15) is 5.54 Å². The predicted molar refractivity (Wildman–Crippen MR) is 70.1 cm³/mol. The van der Waals surface area contributed by atoms with Crippen molar-refractivity contribution in [2.45, 2.75) is 71.4 Å². The minimum absolute atomic E-state index is 0.224. The van der Waals surface area contributed by atoms with Crippen LogP contribution < -0.4 is 5.32 Å². The summed E-state index contributed by atoms with van der Waals surface area (Å²) in [6.07, 6.45) is 4.76. The molecule has 100 valence electrons. The van der Waals surface area contributed by atoms with E-state index in [-0.39, 0.29) is 6.04 Å². The van der Waals surface area contributed by atoms with Crippen LogP contribution in [0.3, 0.4) is 0 Å². The summed E-state index contributed by atoms with van der Waals surface area (Å²) >= 11 is 0. The van der Waals surface area contributed by atoms with E-state index in [0.717, 1.165) is 25.7 Å². The van der Waals surface area contributed by atoms with Crippen LogP contribution in [0.4, 0.5) is 0 Å². The largest absolute Gasteiger partial charge is 0.480 e. The second-order valence-corrected chi connectivity index (χ2v) is 6.12. The number of carboxylic acid groups (broad SMARTS) is 1. The van der Waals surface area contributed by atoms with Crippen LogP contribution in [0.2, 0.25) is 0 Å². The highest BCUT2D eigenvalue weighted by Gasteiger charge is 2.40. The van der Waals surface area contributed by atoms with Gasteiger partial charge in [0.2, 0.25) is 0 Å². The Hall–Kier alpha value is -0.570. The third-order valence-corrected chi connectivity index (χ3v) is 4.04. The minimum Gasteiger partial charge on any atom is -0.480 e. The number of rotatable bonds is 4. The molecule has 0 bridgehead atoms. The average Bonchev–Trinajstić information content (AvgIpc) is 2.40. The Morgan fingerprint density at radius 1 is 1.24 bits per heavy atom. The molecule has 2 unspecified atom stereocenters. The van der Waals surface area contributed by atoms with E-state index in [1.807, 2.05) is 13.8 Å². The molecule has 0 aromatic rings. The Morgan fingerprint density at radius 3 is 2.35 bits per heavy atom. The van der Waals surface area contributed by atoms with Gasteiger partial charge in [-0.05, 0) is 44.9 Å². The molecule has 0 aromatic heterocycles. The topological polar surface area (TPSA) is 49.3 Å². The summed E-state index contributed by atoms with van der Waals surface area (Å²) in [7, 11) is 0. The lowest BCUT2D eigenvalue weighted by Crippen LogP contribution is -2.54. The van der Waals surface area contributed by atoms with Gasteiger partial charge in [0, 0.05) is 6.04 Å². The number of carbonyl (C=O) groups is 1. The van der Waals surface area contributed by atoms with Crippen molar-refractivity contribution in [2.75, 3.05) is 0 Å². The SMILES string of the molecule is CC(C)NC1(C(=O)O)CCCC(C(C)C)CC1. The molecule has 0 heterocycles. The summed E-state index contributed by atoms with van der Waals surface area (Å²) in [6, 6.07) is 0.224. The molecule has 0 spiro atoms. The quantitative estimate of drug-likeness (QED) is 0.744. The number of aliphatic carboxylic acids is 1. The zero-order chi connectivity index (χ0) is 13.1. The van der Waals surface area contributed by atoms with Crippen LogP contribution >= 0.6 is 0 Å². The number of hydrogen-bond donors (Lipinski definition) is 2. The zero-order valence-electron chi connectivity index (χ0n) is 11.6. The van der Waals surface area contributed by atoms with E-state index < -0.39 is 11.5 Å². The van der Waals surface area contributed by atoms with Gasteiger partial charge in [-0.3, -0.25) is 10.1 Å².